The minimum Gasteiger partial charge on any atom is -0.359 e. The Labute approximate surface area is 164 Å². The highest BCUT2D eigenvalue weighted by atomic mass is 32.2. The summed E-state index contributed by atoms with van der Waals surface area (Å²) >= 11 is 0. The van der Waals surface area contributed by atoms with Gasteiger partial charge in [-0.3, -0.25) is 9.20 Å². The maximum atomic E-state index is 12.2. The van der Waals surface area contributed by atoms with Crippen molar-refractivity contribution in [2.45, 2.75) is 44.9 Å². The number of nitrogens with zero attached hydrogens (tertiary/aromatic N) is 2. The maximum absolute atomic E-state index is 12.2. The monoisotopic (exact) mass is 390 g/mol. The van der Waals surface area contributed by atoms with Crippen molar-refractivity contribution in [3.63, 3.8) is 0 Å². The molecule has 2 N–H and O–H groups in total. The second kappa shape index (κ2) is 11.5. The molecule has 0 aliphatic heterocycles. The molecular weight excluding hydrogens is 360 g/mol. The van der Waals surface area contributed by atoms with E-state index in [4.69, 9.17) is 4.52 Å². The Morgan fingerprint density at radius 2 is 1.96 bits per heavy atom. The van der Waals surface area contributed by atoms with Gasteiger partial charge in [0.05, 0.1) is 12.2 Å². The van der Waals surface area contributed by atoms with Gasteiger partial charge in [-0.05, 0) is 18.4 Å². The molecule has 1 unspecified atom stereocenters. The molecule has 1 heterocycles. The largest absolute Gasteiger partial charge is 0.359 e. The number of guanidine groups is 1. The first kappa shape index (κ1) is 21.2. The smallest absolute Gasteiger partial charge is 0.191 e. The summed E-state index contributed by atoms with van der Waals surface area (Å²) in [6, 6.07) is 11.9. The molecule has 2 aromatic rings. The average molecular weight is 391 g/mol. The Kier molecular flexibility index (Phi) is 9.04. The molecule has 1 aromatic carbocycles. The Balaban J connectivity index is 1.72. The van der Waals surface area contributed by atoms with Crippen LogP contribution in [0.15, 0.2) is 45.9 Å². The summed E-state index contributed by atoms with van der Waals surface area (Å²) in [4.78, 5) is 4.19. The third-order valence-corrected chi connectivity index (χ3v) is 5.74. The normalized spacial score (nSPS) is 13.0. The van der Waals surface area contributed by atoms with Crippen LogP contribution in [0.25, 0.3) is 0 Å². The zero-order valence-corrected chi connectivity index (χ0v) is 17.2. The molecular formula is C20H30N4O2S. The van der Waals surface area contributed by atoms with Gasteiger partial charge in [-0.15, -0.1) is 0 Å². The van der Waals surface area contributed by atoms with Crippen LogP contribution in [-0.4, -0.2) is 34.7 Å². The summed E-state index contributed by atoms with van der Waals surface area (Å²) in [7, 11) is 0.807. The van der Waals surface area contributed by atoms with Gasteiger partial charge in [0.25, 0.3) is 0 Å². The Morgan fingerprint density at radius 3 is 2.63 bits per heavy atom. The number of hydrogen-bond acceptors (Lipinski definition) is 4. The fourth-order valence-corrected chi connectivity index (χ4v) is 3.86. The number of nitrogens with one attached hydrogen (secondary N) is 2. The molecule has 1 aromatic heterocycles. The van der Waals surface area contributed by atoms with E-state index >= 15 is 0 Å². The SMILES string of the molecule is CCC(CC)c1cc(CNC(=NC)NCCS(=O)Cc2ccccc2)on1. The molecule has 0 saturated carbocycles. The quantitative estimate of drug-likeness (QED) is 0.481. The van der Waals surface area contributed by atoms with Crippen LogP contribution >= 0.6 is 0 Å². The lowest BCUT2D eigenvalue weighted by Gasteiger charge is -2.10. The van der Waals surface area contributed by atoms with E-state index in [1.807, 2.05) is 36.4 Å². The van der Waals surface area contributed by atoms with Gasteiger partial charge < -0.3 is 15.2 Å². The molecule has 0 aliphatic carbocycles. The molecule has 0 fully saturated rings. The lowest BCUT2D eigenvalue weighted by atomic mass is 9.99. The van der Waals surface area contributed by atoms with Gasteiger partial charge in [0, 0.05) is 47.9 Å². The topological polar surface area (TPSA) is 79.5 Å². The lowest BCUT2D eigenvalue weighted by Crippen LogP contribution is -2.38. The van der Waals surface area contributed by atoms with E-state index in [0.29, 0.717) is 36.5 Å². The summed E-state index contributed by atoms with van der Waals surface area (Å²) in [6.45, 7) is 5.43. The van der Waals surface area contributed by atoms with Gasteiger partial charge in [-0.25, -0.2) is 0 Å². The third-order valence-electron chi connectivity index (χ3n) is 4.43. The number of benzene rings is 1. The lowest BCUT2D eigenvalue weighted by molar-refractivity contribution is 0.368. The van der Waals surface area contributed by atoms with E-state index in [2.05, 4.69) is 34.6 Å². The second-order valence-corrected chi connectivity index (χ2v) is 7.93. The minimum absolute atomic E-state index is 0.444. The molecule has 0 bridgehead atoms. The van der Waals surface area contributed by atoms with Crippen LogP contribution in [0.1, 0.15) is 49.6 Å². The van der Waals surface area contributed by atoms with Crippen LogP contribution in [0, 0.1) is 0 Å². The van der Waals surface area contributed by atoms with E-state index in [0.717, 1.165) is 29.9 Å². The van der Waals surface area contributed by atoms with E-state index < -0.39 is 10.8 Å². The van der Waals surface area contributed by atoms with Crippen molar-refractivity contribution in [3.8, 4) is 0 Å². The zero-order chi connectivity index (χ0) is 19.5. The van der Waals surface area contributed by atoms with Crippen molar-refractivity contribution < 1.29 is 8.73 Å². The zero-order valence-electron chi connectivity index (χ0n) is 16.4. The highest BCUT2D eigenvalue weighted by Gasteiger charge is 2.13. The van der Waals surface area contributed by atoms with Crippen molar-refractivity contribution in [3.05, 3.63) is 53.4 Å². The second-order valence-electron chi connectivity index (χ2n) is 6.36. The van der Waals surface area contributed by atoms with Crippen LogP contribution in [0.3, 0.4) is 0 Å². The standard InChI is InChI=1S/C20H30N4O2S/c1-4-17(5-2)19-13-18(26-24-19)14-23-20(21-3)22-11-12-27(25)15-16-9-7-6-8-10-16/h6-10,13,17H,4-5,11-12,14-15H2,1-3H3,(H2,21,22,23). The Bertz CT molecular complexity index is 727. The highest BCUT2D eigenvalue weighted by Crippen LogP contribution is 2.22. The van der Waals surface area contributed by atoms with Crippen molar-refractivity contribution in [1.29, 1.82) is 0 Å². The molecule has 148 valence electrons. The Morgan fingerprint density at radius 1 is 1.22 bits per heavy atom. The predicted octanol–water partition coefficient (Wildman–Crippen LogP) is 3.19. The molecule has 2 rings (SSSR count). The number of aliphatic imine (C=N–C) groups is 1. The van der Waals surface area contributed by atoms with E-state index in [1.165, 1.54) is 0 Å². The molecule has 0 amide bonds. The Hall–Kier alpha value is -2.15. The van der Waals surface area contributed by atoms with Crippen molar-refractivity contribution in [2.24, 2.45) is 4.99 Å². The summed E-state index contributed by atoms with van der Waals surface area (Å²) < 4.78 is 17.6. The fraction of sp³-hybridized carbons (Fsp3) is 0.500. The molecule has 7 heteroatoms. The summed E-state index contributed by atoms with van der Waals surface area (Å²) in [6.07, 6.45) is 2.11. The number of rotatable bonds is 10. The average Bonchev–Trinajstić information content (AvgIpc) is 3.15. The fourth-order valence-electron chi connectivity index (χ4n) is 2.82. The molecule has 1 atom stereocenters. The van der Waals surface area contributed by atoms with Gasteiger partial charge in [-0.2, -0.15) is 0 Å². The van der Waals surface area contributed by atoms with Gasteiger partial charge in [0.15, 0.2) is 11.7 Å². The van der Waals surface area contributed by atoms with Crippen molar-refractivity contribution >= 4 is 16.8 Å². The van der Waals surface area contributed by atoms with E-state index in [9.17, 15) is 4.21 Å². The van der Waals surface area contributed by atoms with Gasteiger partial charge in [-0.1, -0.05) is 49.3 Å². The van der Waals surface area contributed by atoms with Crippen LogP contribution < -0.4 is 10.6 Å². The van der Waals surface area contributed by atoms with Crippen molar-refractivity contribution in [2.75, 3.05) is 19.3 Å². The molecule has 0 spiro atoms. The predicted molar refractivity (Wildman–Crippen MR) is 111 cm³/mol. The number of hydrogen-bond donors (Lipinski definition) is 2. The van der Waals surface area contributed by atoms with Crippen LogP contribution in [0.2, 0.25) is 0 Å². The van der Waals surface area contributed by atoms with Crippen LogP contribution in [0.4, 0.5) is 0 Å². The molecule has 6 nitrogen and oxygen atoms in total. The van der Waals surface area contributed by atoms with Gasteiger partial charge in [0.2, 0.25) is 0 Å². The van der Waals surface area contributed by atoms with E-state index in [1.54, 1.807) is 7.05 Å². The minimum atomic E-state index is -0.907. The first-order chi connectivity index (χ1) is 13.2. The molecule has 0 radical (unpaired) electrons. The first-order valence-electron chi connectivity index (χ1n) is 9.45. The van der Waals surface area contributed by atoms with Gasteiger partial charge in [0.1, 0.15) is 0 Å². The summed E-state index contributed by atoms with van der Waals surface area (Å²) in [5, 5.41) is 10.6. The summed E-state index contributed by atoms with van der Waals surface area (Å²) in [5.41, 5.74) is 2.10. The van der Waals surface area contributed by atoms with Gasteiger partial charge >= 0.3 is 0 Å². The molecule has 0 aliphatic rings. The third kappa shape index (κ3) is 7.17. The van der Waals surface area contributed by atoms with Crippen LogP contribution in [0.5, 0.6) is 0 Å². The highest BCUT2D eigenvalue weighted by molar-refractivity contribution is 7.84. The number of aromatic nitrogens is 1. The van der Waals surface area contributed by atoms with Crippen molar-refractivity contribution in [1.82, 2.24) is 15.8 Å². The maximum Gasteiger partial charge on any atom is 0.191 e. The van der Waals surface area contributed by atoms with Crippen LogP contribution in [-0.2, 0) is 23.1 Å². The summed E-state index contributed by atoms with van der Waals surface area (Å²) in [5.74, 6) is 3.03. The molecule has 0 saturated heterocycles. The molecule has 27 heavy (non-hydrogen) atoms. The van der Waals surface area contributed by atoms with E-state index in [-0.39, 0.29) is 0 Å². The first-order valence-corrected chi connectivity index (χ1v) is 10.9.